The molecule has 1 aromatic rings. The maximum Gasteiger partial charge on any atom is 0.271 e. The molecular formula is C15H26N4O. The molecule has 0 saturated heterocycles. The Hall–Kier alpha value is -1.36. The van der Waals surface area contributed by atoms with Crippen LogP contribution in [0.4, 0.5) is 0 Å². The Morgan fingerprint density at radius 3 is 2.60 bits per heavy atom. The summed E-state index contributed by atoms with van der Waals surface area (Å²) < 4.78 is 0. The third-order valence-electron chi connectivity index (χ3n) is 3.73. The second-order valence-corrected chi connectivity index (χ2v) is 7.56. The van der Waals surface area contributed by atoms with Crippen LogP contribution < -0.4 is 5.32 Å². The molecule has 20 heavy (non-hydrogen) atoms. The Bertz CT molecular complexity index is 514. The highest BCUT2D eigenvalue weighted by Gasteiger charge is 2.33. The zero-order valence-corrected chi connectivity index (χ0v) is 13.4. The van der Waals surface area contributed by atoms with Gasteiger partial charge in [0.05, 0.1) is 0 Å². The molecule has 0 bridgehead atoms. The van der Waals surface area contributed by atoms with Gasteiger partial charge in [-0.25, -0.2) is 4.98 Å². The van der Waals surface area contributed by atoms with E-state index in [1.54, 1.807) is 0 Å². The van der Waals surface area contributed by atoms with Gasteiger partial charge in [0.15, 0.2) is 0 Å². The number of fused-ring (bicyclic) bond motifs is 1. The van der Waals surface area contributed by atoms with Crippen LogP contribution >= 0.6 is 0 Å². The average Bonchev–Trinajstić information content (AvgIpc) is 2.64. The van der Waals surface area contributed by atoms with Crippen molar-refractivity contribution in [3.05, 3.63) is 17.2 Å². The lowest BCUT2D eigenvalue weighted by Gasteiger charge is -2.26. The topological polar surface area (TPSA) is 61.0 Å². The van der Waals surface area contributed by atoms with Gasteiger partial charge in [-0.15, -0.1) is 0 Å². The van der Waals surface area contributed by atoms with Crippen molar-refractivity contribution in [2.75, 3.05) is 27.2 Å². The number of hydrogen-bond acceptors (Lipinski definition) is 3. The van der Waals surface area contributed by atoms with Gasteiger partial charge in [0, 0.05) is 24.2 Å². The number of likely N-dealkylation sites (N-methyl/N-ethyl adjacent to an activating group) is 1. The van der Waals surface area contributed by atoms with Crippen LogP contribution in [-0.2, 0) is 11.8 Å². The molecule has 0 unspecified atom stereocenters. The summed E-state index contributed by atoms with van der Waals surface area (Å²) in [6.45, 7) is 10.2. The van der Waals surface area contributed by atoms with E-state index in [2.05, 4.69) is 47.9 Å². The minimum Gasteiger partial charge on any atom is -0.350 e. The van der Waals surface area contributed by atoms with E-state index in [0.717, 1.165) is 24.5 Å². The number of hydrogen-bond donors (Lipinski definition) is 2. The molecule has 0 radical (unpaired) electrons. The standard InChI is InChI=1S/C15H26N4O/c1-14(2)7-10-11(12(20)16-8-14)18-13(17-10)15(3,4)9-19(5)6/h7-9H2,1-6H3,(H,16,20)(H,17,18). The van der Waals surface area contributed by atoms with Crippen LogP contribution in [0.1, 0.15) is 49.7 Å². The van der Waals surface area contributed by atoms with Gasteiger partial charge in [0.25, 0.3) is 5.91 Å². The Morgan fingerprint density at radius 2 is 2.00 bits per heavy atom. The van der Waals surface area contributed by atoms with E-state index in [-0.39, 0.29) is 16.7 Å². The van der Waals surface area contributed by atoms with E-state index in [1.807, 2.05) is 14.1 Å². The molecule has 5 heteroatoms. The van der Waals surface area contributed by atoms with Crippen LogP contribution in [0, 0.1) is 5.41 Å². The van der Waals surface area contributed by atoms with Crippen molar-refractivity contribution in [1.82, 2.24) is 20.2 Å². The van der Waals surface area contributed by atoms with E-state index in [1.165, 1.54) is 0 Å². The largest absolute Gasteiger partial charge is 0.350 e. The van der Waals surface area contributed by atoms with E-state index < -0.39 is 0 Å². The fraction of sp³-hybridized carbons (Fsp3) is 0.733. The van der Waals surface area contributed by atoms with Crippen LogP contribution in [0.5, 0.6) is 0 Å². The lowest BCUT2D eigenvalue weighted by molar-refractivity contribution is 0.0940. The fourth-order valence-electron chi connectivity index (χ4n) is 2.86. The molecule has 0 aliphatic carbocycles. The monoisotopic (exact) mass is 278 g/mol. The summed E-state index contributed by atoms with van der Waals surface area (Å²) >= 11 is 0. The number of aromatic nitrogens is 2. The smallest absolute Gasteiger partial charge is 0.271 e. The molecule has 1 aromatic heterocycles. The highest BCUT2D eigenvalue weighted by atomic mass is 16.1. The summed E-state index contributed by atoms with van der Waals surface area (Å²) in [5, 5.41) is 2.96. The third kappa shape index (κ3) is 3.03. The quantitative estimate of drug-likeness (QED) is 0.882. The fourth-order valence-corrected chi connectivity index (χ4v) is 2.86. The van der Waals surface area contributed by atoms with Crippen LogP contribution in [-0.4, -0.2) is 48.0 Å². The molecule has 2 rings (SSSR count). The first-order valence-electron chi connectivity index (χ1n) is 7.13. The summed E-state index contributed by atoms with van der Waals surface area (Å²) in [4.78, 5) is 22.3. The first-order chi connectivity index (χ1) is 9.11. The maximum absolute atomic E-state index is 12.2. The maximum atomic E-state index is 12.2. The number of rotatable bonds is 3. The molecule has 5 nitrogen and oxygen atoms in total. The number of aromatic amines is 1. The average molecular weight is 278 g/mol. The number of nitrogens with one attached hydrogen (secondary N) is 2. The molecule has 0 spiro atoms. The highest BCUT2D eigenvalue weighted by molar-refractivity contribution is 5.94. The minimum atomic E-state index is -0.111. The minimum absolute atomic E-state index is 0.0520. The third-order valence-corrected chi connectivity index (χ3v) is 3.73. The zero-order chi connectivity index (χ0) is 15.1. The van der Waals surface area contributed by atoms with Gasteiger partial charge < -0.3 is 15.2 Å². The van der Waals surface area contributed by atoms with E-state index in [9.17, 15) is 4.79 Å². The van der Waals surface area contributed by atoms with E-state index in [0.29, 0.717) is 12.2 Å². The van der Waals surface area contributed by atoms with Gasteiger partial charge in [-0.2, -0.15) is 0 Å². The summed E-state index contributed by atoms with van der Waals surface area (Å²) in [6, 6.07) is 0. The molecule has 1 aliphatic heterocycles. The predicted octanol–water partition coefficient (Wildman–Crippen LogP) is 1.56. The first-order valence-corrected chi connectivity index (χ1v) is 7.13. The van der Waals surface area contributed by atoms with Gasteiger partial charge in [-0.3, -0.25) is 4.79 Å². The second kappa shape index (κ2) is 4.88. The number of carbonyl (C=O) groups excluding carboxylic acids is 1. The van der Waals surface area contributed by atoms with Crippen LogP contribution in [0.15, 0.2) is 0 Å². The van der Waals surface area contributed by atoms with Crippen molar-refractivity contribution in [3.8, 4) is 0 Å². The molecule has 0 fully saturated rings. The van der Waals surface area contributed by atoms with Crippen molar-refractivity contribution in [3.63, 3.8) is 0 Å². The molecule has 2 N–H and O–H groups in total. The molecule has 2 heterocycles. The molecule has 0 atom stereocenters. The number of amides is 1. The summed E-state index contributed by atoms with van der Waals surface area (Å²) in [6.07, 6.45) is 0.839. The van der Waals surface area contributed by atoms with Crippen LogP contribution in [0.2, 0.25) is 0 Å². The van der Waals surface area contributed by atoms with Crippen molar-refractivity contribution in [2.45, 2.75) is 39.5 Å². The molecule has 1 amide bonds. The van der Waals surface area contributed by atoms with Gasteiger partial charge >= 0.3 is 0 Å². The number of H-pyrrole nitrogens is 1. The van der Waals surface area contributed by atoms with Gasteiger partial charge in [0.2, 0.25) is 0 Å². The van der Waals surface area contributed by atoms with Crippen molar-refractivity contribution in [1.29, 1.82) is 0 Å². The molecule has 1 aliphatic rings. The van der Waals surface area contributed by atoms with Crippen molar-refractivity contribution < 1.29 is 4.79 Å². The van der Waals surface area contributed by atoms with Crippen LogP contribution in [0.25, 0.3) is 0 Å². The zero-order valence-electron chi connectivity index (χ0n) is 13.4. The molecule has 112 valence electrons. The Morgan fingerprint density at radius 1 is 1.35 bits per heavy atom. The lowest BCUT2D eigenvalue weighted by Crippen LogP contribution is -2.34. The molecular weight excluding hydrogens is 252 g/mol. The Labute approximate surface area is 121 Å². The van der Waals surface area contributed by atoms with Gasteiger partial charge in [-0.05, 0) is 25.9 Å². The molecule has 0 aromatic carbocycles. The first kappa shape index (κ1) is 15.0. The summed E-state index contributed by atoms with van der Waals surface area (Å²) in [5.41, 5.74) is 1.47. The Balaban J connectivity index is 2.37. The number of nitrogens with zero attached hydrogens (tertiary/aromatic N) is 2. The van der Waals surface area contributed by atoms with Gasteiger partial charge in [-0.1, -0.05) is 27.7 Å². The highest BCUT2D eigenvalue weighted by Crippen LogP contribution is 2.28. The number of carbonyl (C=O) groups is 1. The van der Waals surface area contributed by atoms with E-state index >= 15 is 0 Å². The normalized spacial score (nSPS) is 18.6. The van der Waals surface area contributed by atoms with Crippen LogP contribution in [0.3, 0.4) is 0 Å². The van der Waals surface area contributed by atoms with Crippen molar-refractivity contribution in [2.24, 2.45) is 5.41 Å². The van der Waals surface area contributed by atoms with E-state index in [4.69, 9.17) is 0 Å². The number of imidazole rings is 1. The van der Waals surface area contributed by atoms with Crippen molar-refractivity contribution >= 4 is 5.91 Å². The SMILES string of the molecule is CN(C)CC(C)(C)c1nc2c([nH]1)CC(C)(C)CNC2=O. The lowest BCUT2D eigenvalue weighted by atomic mass is 9.88. The summed E-state index contributed by atoms with van der Waals surface area (Å²) in [5.74, 6) is 0.831. The Kier molecular flexibility index (Phi) is 3.67. The molecule has 0 saturated carbocycles. The van der Waals surface area contributed by atoms with Gasteiger partial charge in [0.1, 0.15) is 11.5 Å². The second-order valence-electron chi connectivity index (χ2n) is 7.56. The summed E-state index contributed by atoms with van der Waals surface area (Å²) in [7, 11) is 4.09. The predicted molar refractivity (Wildman–Crippen MR) is 80.0 cm³/mol.